The van der Waals surface area contributed by atoms with Crippen molar-refractivity contribution in [3.63, 3.8) is 0 Å². The monoisotopic (exact) mass is 441 g/mol. The summed E-state index contributed by atoms with van der Waals surface area (Å²) in [5.41, 5.74) is 1.44. The van der Waals surface area contributed by atoms with Crippen LogP contribution in [0.1, 0.15) is 52.0 Å². The quantitative estimate of drug-likeness (QED) is 0.695. The van der Waals surface area contributed by atoms with Gasteiger partial charge < -0.3 is 4.90 Å². The van der Waals surface area contributed by atoms with E-state index in [0.717, 1.165) is 0 Å². The first-order valence-electron chi connectivity index (χ1n) is 10.3. The van der Waals surface area contributed by atoms with Crippen molar-refractivity contribution in [2.24, 2.45) is 0 Å². The van der Waals surface area contributed by atoms with E-state index in [0.29, 0.717) is 16.7 Å². The van der Waals surface area contributed by atoms with Crippen molar-refractivity contribution >= 4 is 23.5 Å². The van der Waals surface area contributed by atoms with E-state index in [1.165, 1.54) is 30.2 Å². The van der Waals surface area contributed by atoms with Gasteiger partial charge in [-0.25, -0.2) is 0 Å². The Morgan fingerprint density at radius 2 is 2.03 bits per heavy atom. The van der Waals surface area contributed by atoms with Gasteiger partial charge in [-0.05, 0) is 48.6 Å². The lowest BCUT2D eigenvalue weighted by Gasteiger charge is -2.29. The largest absolute Gasteiger partial charge is 0.347 e. The number of carbonyl (C=O) groups is 4. The maximum atomic E-state index is 14.6. The Morgan fingerprint density at radius 3 is 2.75 bits per heavy atom. The number of imide groups is 1. The van der Waals surface area contributed by atoms with Gasteiger partial charge in [0, 0.05) is 31.1 Å². The SMILES string of the molecule is Cc1cccnc1C(F)(F)C(=O)CCc1ccc2c(c1)CN(C1CCC(=O)NC1=O)C2=O. The molecule has 166 valence electrons. The standard InChI is InChI=1S/C23H21F2N3O4/c1-13-3-2-10-26-20(13)23(24,25)18(29)8-5-14-4-6-16-15(11-14)12-28(22(16)32)17-7-9-19(30)27-21(17)31/h2-4,6,10-11,17H,5,7-9,12H2,1H3,(H,27,30,31). The second-order valence-corrected chi connectivity index (χ2v) is 8.06. The van der Waals surface area contributed by atoms with Crippen LogP contribution in [-0.4, -0.2) is 39.4 Å². The number of hydrogen-bond donors (Lipinski definition) is 1. The molecule has 2 aromatic rings. The fourth-order valence-corrected chi connectivity index (χ4v) is 4.14. The van der Waals surface area contributed by atoms with Crippen LogP contribution in [0.3, 0.4) is 0 Å². The smallest absolute Gasteiger partial charge is 0.322 e. The van der Waals surface area contributed by atoms with Crippen LogP contribution in [0.2, 0.25) is 0 Å². The molecule has 4 rings (SSSR count). The number of hydrogen-bond acceptors (Lipinski definition) is 5. The highest BCUT2D eigenvalue weighted by Gasteiger charge is 2.43. The first-order chi connectivity index (χ1) is 15.2. The molecule has 1 saturated heterocycles. The summed E-state index contributed by atoms with van der Waals surface area (Å²) >= 11 is 0. The molecule has 0 radical (unpaired) electrons. The Hall–Kier alpha value is -3.49. The van der Waals surface area contributed by atoms with Gasteiger partial charge >= 0.3 is 5.92 Å². The Balaban J connectivity index is 1.44. The lowest BCUT2D eigenvalue weighted by atomic mass is 9.98. The third kappa shape index (κ3) is 3.90. The van der Waals surface area contributed by atoms with Crippen molar-refractivity contribution in [1.29, 1.82) is 0 Å². The summed E-state index contributed by atoms with van der Waals surface area (Å²) in [5, 5.41) is 2.24. The zero-order valence-corrected chi connectivity index (χ0v) is 17.4. The molecule has 3 amide bonds. The maximum absolute atomic E-state index is 14.6. The third-order valence-corrected chi connectivity index (χ3v) is 5.89. The van der Waals surface area contributed by atoms with E-state index in [9.17, 15) is 28.0 Å². The highest BCUT2D eigenvalue weighted by atomic mass is 19.3. The van der Waals surface area contributed by atoms with E-state index >= 15 is 0 Å². The predicted molar refractivity (Wildman–Crippen MR) is 109 cm³/mol. The molecule has 2 aliphatic heterocycles. The number of rotatable bonds is 6. The fraction of sp³-hybridized carbons (Fsp3) is 0.348. The highest BCUT2D eigenvalue weighted by molar-refractivity contribution is 6.05. The van der Waals surface area contributed by atoms with Gasteiger partial charge in [0.15, 0.2) is 0 Å². The number of nitrogens with one attached hydrogen (secondary N) is 1. The molecule has 0 aliphatic carbocycles. The van der Waals surface area contributed by atoms with E-state index in [2.05, 4.69) is 10.3 Å². The van der Waals surface area contributed by atoms with Crippen molar-refractivity contribution in [2.75, 3.05) is 0 Å². The van der Waals surface area contributed by atoms with E-state index in [1.807, 2.05) is 0 Å². The molecule has 9 heteroatoms. The fourth-order valence-electron chi connectivity index (χ4n) is 4.14. The summed E-state index contributed by atoms with van der Waals surface area (Å²) in [6.07, 6.45) is 1.35. The number of Topliss-reactive ketones (excluding diaryl/α,β-unsaturated/α-hetero) is 1. The third-order valence-electron chi connectivity index (χ3n) is 5.89. The summed E-state index contributed by atoms with van der Waals surface area (Å²) < 4.78 is 29.2. The molecule has 2 aliphatic rings. The van der Waals surface area contributed by atoms with Gasteiger partial charge in [0.2, 0.25) is 17.6 Å². The number of carbonyl (C=O) groups excluding carboxylic acids is 4. The van der Waals surface area contributed by atoms with Crippen molar-refractivity contribution < 1.29 is 28.0 Å². The van der Waals surface area contributed by atoms with Crippen molar-refractivity contribution in [3.8, 4) is 0 Å². The molecule has 0 spiro atoms. The van der Waals surface area contributed by atoms with Crippen molar-refractivity contribution in [1.82, 2.24) is 15.2 Å². The number of halogens is 2. The number of nitrogens with zero attached hydrogens (tertiary/aromatic N) is 2. The molecule has 1 N–H and O–H groups in total. The molecule has 1 atom stereocenters. The Labute approximate surface area is 182 Å². The zero-order valence-electron chi connectivity index (χ0n) is 17.4. The molecular formula is C23H21F2N3O4. The average Bonchev–Trinajstić information content (AvgIpc) is 3.07. The van der Waals surface area contributed by atoms with Crippen LogP contribution >= 0.6 is 0 Å². The predicted octanol–water partition coefficient (Wildman–Crippen LogP) is 2.44. The van der Waals surface area contributed by atoms with Crippen LogP contribution in [0, 0.1) is 6.92 Å². The summed E-state index contributed by atoms with van der Waals surface area (Å²) in [6.45, 7) is 1.67. The number of amides is 3. The van der Waals surface area contributed by atoms with Crippen LogP contribution in [-0.2, 0) is 33.3 Å². The minimum Gasteiger partial charge on any atom is -0.322 e. The molecule has 0 bridgehead atoms. The molecule has 0 saturated carbocycles. The van der Waals surface area contributed by atoms with Gasteiger partial charge in [0.25, 0.3) is 5.91 Å². The minimum atomic E-state index is -3.68. The summed E-state index contributed by atoms with van der Waals surface area (Å²) in [6, 6.07) is 7.21. The number of aromatic nitrogens is 1. The normalized spacial score (nSPS) is 18.5. The molecule has 1 aromatic heterocycles. The van der Waals surface area contributed by atoms with Crippen LogP contribution < -0.4 is 5.32 Å². The van der Waals surface area contributed by atoms with Crippen molar-refractivity contribution in [2.45, 2.75) is 51.1 Å². The first kappa shape index (κ1) is 21.7. The van der Waals surface area contributed by atoms with Crippen LogP contribution in [0.25, 0.3) is 0 Å². The van der Waals surface area contributed by atoms with E-state index in [-0.39, 0.29) is 49.6 Å². The van der Waals surface area contributed by atoms with Crippen LogP contribution in [0.15, 0.2) is 36.5 Å². The van der Waals surface area contributed by atoms with Gasteiger partial charge in [0.05, 0.1) is 0 Å². The second kappa shape index (κ2) is 8.22. The van der Waals surface area contributed by atoms with Gasteiger partial charge in [-0.2, -0.15) is 8.78 Å². The van der Waals surface area contributed by atoms with Gasteiger partial charge in [-0.1, -0.05) is 18.2 Å². The van der Waals surface area contributed by atoms with Crippen LogP contribution in [0.5, 0.6) is 0 Å². The number of benzene rings is 1. The summed E-state index contributed by atoms with van der Waals surface area (Å²) in [4.78, 5) is 53.6. The molecule has 3 heterocycles. The van der Waals surface area contributed by atoms with E-state index < -0.39 is 29.3 Å². The maximum Gasteiger partial charge on any atom is 0.347 e. The molecular weight excluding hydrogens is 420 g/mol. The lowest BCUT2D eigenvalue weighted by molar-refractivity contribution is -0.145. The number of alkyl halides is 2. The number of ketones is 1. The Bertz CT molecular complexity index is 1130. The second-order valence-electron chi connectivity index (χ2n) is 8.06. The summed E-state index contributed by atoms with van der Waals surface area (Å²) in [7, 11) is 0. The topological polar surface area (TPSA) is 96.4 Å². The van der Waals surface area contributed by atoms with Gasteiger partial charge in [0.1, 0.15) is 11.7 Å². The first-order valence-corrected chi connectivity index (χ1v) is 10.3. The Kier molecular flexibility index (Phi) is 5.58. The molecule has 7 nitrogen and oxygen atoms in total. The zero-order chi connectivity index (χ0) is 23.0. The van der Waals surface area contributed by atoms with E-state index in [1.54, 1.807) is 18.2 Å². The lowest BCUT2D eigenvalue weighted by Crippen LogP contribution is -2.52. The number of fused-ring (bicyclic) bond motifs is 1. The Morgan fingerprint density at radius 1 is 1.25 bits per heavy atom. The van der Waals surface area contributed by atoms with Gasteiger partial charge in [-0.15, -0.1) is 0 Å². The molecule has 1 unspecified atom stereocenters. The molecule has 1 aromatic carbocycles. The highest BCUT2D eigenvalue weighted by Crippen LogP contribution is 2.32. The number of aryl methyl sites for hydroxylation is 2. The summed E-state index contributed by atoms with van der Waals surface area (Å²) in [5.74, 6) is -6.07. The average molecular weight is 441 g/mol. The molecule has 1 fully saturated rings. The minimum absolute atomic E-state index is 0.0835. The molecule has 32 heavy (non-hydrogen) atoms. The van der Waals surface area contributed by atoms with Crippen molar-refractivity contribution in [3.05, 3.63) is 64.5 Å². The number of piperidine rings is 1. The number of pyridine rings is 1. The van der Waals surface area contributed by atoms with Gasteiger partial charge in [-0.3, -0.25) is 29.5 Å². The van der Waals surface area contributed by atoms with E-state index in [4.69, 9.17) is 0 Å². The van der Waals surface area contributed by atoms with Crippen LogP contribution in [0.4, 0.5) is 8.78 Å².